The van der Waals surface area contributed by atoms with Crippen molar-refractivity contribution in [2.75, 3.05) is 31.6 Å². The molecule has 0 unspecified atom stereocenters. The van der Waals surface area contributed by atoms with E-state index in [2.05, 4.69) is 29.3 Å². The lowest BCUT2D eigenvalue weighted by Crippen LogP contribution is -2.39. The summed E-state index contributed by atoms with van der Waals surface area (Å²) in [5, 5.41) is 2.97. The van der Waals surface area contributed by atoms with Crippen LogP contribution in [0.3, 0.4) is 0 Å². The fraction of sp³-hybridized carbons (Fsp3) is 0.381. The highest BCUT2D eigenvalue weighted by atomic mass is 16.5. The van der Waals surface area contributed by atoms with Gasteiger partial charge >= 0.3 is 0 Å². The Morgan fingerprint density at radius 3 is 2.65 bits per heavy atom. The average Bonchev–Trinajstić information content (AvgIpc) is 2.88. The van der Waals surface area contributed by atoms with Gasteiger partial charge in [-0.3, -0.25) is 9.69 Å². The van der Waals surface area contributed by atoms with Crippen LogP contribution in [0.5, 0.6) is 11.5 Å². The quantitative estimate of drug-likeness (QED) is 0.920. The van der Waals surface area contributed by atoms with Gasteiger partial charge in [-0.2, -0.15) is 0 Å². The van der Waals surface area contributed by atoms with Crippen molar-refractivity contribution in [1.82, 2.24) is 4.90 Å². The van der Waals surface area contributed by atoms with Crippen LogP contribution in [0.4, 0.5) is 5.69 Å². The molecule has 0 saturated heterocycles. The molecule has 0 bridgehead atoms. The number of fused-ring (bicyclic) bond motifs is 2. The summed E-state index contributed by atoms with van der Waals surface area (Å²) in [7, 11) is 0. The minimum absolute atomic E-state index is 0.0147. The van der Waals surface area contributed by atoms with Gasteiger partial charge in [0, 0.05) is 24.7 Å². The average molecular weight is 352 g/mol. The van der Waals surface area contributed by atoms with Crippen molar-refractivity contribution in [3.63, 3.8) is 0 Å². The van der Waals surface area contributed by atoms with E-state index in [0.717, 1.165) is 36.6 Å². The van der Waals surface area contributed by atoms with Crippen molar-refractivity contribution >= 4 is 11.6 Å². The van der Waals surface area contributed by atoms with E-state index in [1.807, 2.05) is 30.3 Å². The fourth-order valence-corrected chi connectivity index (χ4v) is 3.65. The number of hydrogen-bond donors (Lipinski definition) is 1. The molecule has 0 radical (unpaired) electrons. The Morgan fingerprint density at radius 2 is 1.88 bits per heavy atom. The summed E-state index contributed by atoms with van der Waals surface area (Å²) in [4.78, 5) is 14.6. The summed E-state index contributed by atoms with van der Waals surface area (Å²) >= 11 is 0. The molecule has 26 heavy (non-hydrogen) atoms. The van der Waals surface area contributed by atoms with E-state index in [1.165, 1.54) is 11.1 Å². The van der Waals surface area contributed by atoms with Crippen LogP contribution in [-0.4, -0.2) is 37.1 Å². The summed E-state index contributed by atoms with van der Waals surface area (Å²) in [6.45, 7) is 4.77. The first-order valence-electron chi connectivity index (χ1n) is 9.22. The SMILES string of the molecule is C[C@H]1c2cc3c(cc2CCN1CC(=O)Nc1ccccc1)OCCCO3. The number of para-hydroxylation sites is 1. The molecule has 0 spiro atoms. The van der Waals surface area contributed by atoms with Crippen LogP contribution in [0.2, 0.25) is 0 Å². The number of carbonyl (C=O) groups is 1. The monoisotopic (exact) mass is 352 g/mol. The largest absolute Gasteiger partial charge is 0.490 e. The molecule has 0 fully saturated rings. The smallest absolute Gasteiger partial charge is 0.238 e. The Morgan fingerprint density at radius 1 is 1.15 bits per heavy atom. The van der Waals surface area contributed by atoms with Crippen LogP contribution in [-0.2, 0) is 11.2 Å². The van der Waals surface area contributed by atoms with Crippen LogP contribution in [0, 0.1) is 0 Å². The van der Waals surface area contributed by atoms with E-state index < -0.39 is 0 Å². The highest BCUT2D eigenvalue weighted by molar-refractivity contribution is 5.92. The van der Waals surface area contributed by atoms with Crippen molar-refractivity contribution in [1.29, 1.82) is 0 Å². The first-order chi connectivity index (χ1) is 12.7. The van der Waals surface area contributed by atoms with Crippen LogP contribution >= 0.6 is 0 Å². The number of amides is 1. The molecule has 2 aromatic carbocycles. The van der Waals surface area contributed by atoms with Gasteiger partial charge in [-0.1, -0.05) is 18.2 Å². The molecule has 0 saturated carbocycles. The van der Waals surface area contributed by atoms with Gasteiger partial charge in [0.15, 0.2) is 11.5 Å². The third kappa shape index (κ3) is 3.53. The van der Waals surface area contributed by atoms with Gasteiger partial charge in [-0.25, -0.2) is 0 Å². The normalized spacial score (nSPS) is 19.3. The van der Waals surface area contributed by atoms with Gasteiger partial charge < -0.3 is 14.8 Å². The van der Waals surface area contributed by atoms with Crippen LogP contribution in [0.1, 0.15) is 30.5 Å². The number of rotatable bonds is 3. The molecule has 136 valence electrons. The molecule has 0 aliphatic carbocycles. The molecule has 1 amide bonds. The molecule has 5 nitrogen and oxygen atoms in total. The van der Waals surface area contributed by atoms with Gasteiger partial charge in [-0.15, -0.1) is 0 Å². The third-order valence-corrected chi connectivity index (χ3v) is 5.08. The lowest BCUT2D eigenvalue weighted by atomic mass is 9.93. The van der Waals surface area contributed by atoms with Crippen molar-refractivity contribution in [2.24, 2.45) is 0 Å². The number of ether oxygens (including phenoxy) is 2. The Labute approximate surface area is 153 Å². The van der Waals surface area contributed by atoms with Gasteiger partial charge in [0.1, 0.15) is 0 Å². The Bertz CT molecular complexity index is 791. The summed E-state index contributed by atoms with van der Waals surface area (Å²) in [6, 6.07) is 14.0. The maximum Gasteiger partial charge on any atom is 0.238 e. The molecule has 1 N–H and O–H groups in total. The summed E-state index contributed by atoms with van der Waals surface area (Å²) in [6.07, 6.45) is 1.82. The molecular weight excluding hydrogens is 328 g/mol. The second-order valence-corrected chi connectivity index (χ2v) is 6.86. The minimum atomic E-state index is 0.0147. The number of carbonyl (C=O) groups excluding carboxylic acids is 1. The lowest BCUT2D eigenvalue weighted by molar-refractivity contribution is -0.117. The highest BCUT2D eigenvalue weighted by Crippen LogP contribution is 2.38. The summed E-state index contributed by atoms with van der Waals surface area (Å²) < 4.78 is 11.6. The molecule has 2 aliphatic rings. The molecule has 2 aromatic rings. The molecular formula is C21H24N2O3. The van der Waals surface area contributed by atoms with Crippen molar-refractivity contribution < 1.29 is 14.3 Å². The first-order valence-corrected chi connectivity index (χ1v) is 9.22. The number of hydrogen-bond acceptors (Lipinski definition) is 4. The van der Waals surface area contributed by atoms with Gasteiger partial charge in [-0.05, 0) is 48.7 Å². The second-order valence-electron chi connectivity index (χ2n) is 6.86. The molecule has 0 aromatic heterocycles. The van der Waals surface area contributed by atoms with Crippen molar-refractivity contribution in [2.45, 2.75) is 25.8 Å². The van der Waals surface area contributed by atoms with Crippen LogP contribution in [0.15, 0.2) is 42.5 Å². The van der Waals surface area contributed by atoms with E-state index in [4.69, 9.17) is 9.47 Å². The molecule has 5 heteroatoms. The minimum Gasteiger partial charge on any atom is -0.490 e. The summed E-state index contributed by atoms with van der Waals surface area (Å²) in [5.41, 5.74) is 3.35. The van der Waals surface area contributed by atoms with Gasteiger partial charge in [0.05, 0.1) is 19.8 Å². The van der Waals surface area contributed by atoms with E-state index in [0.29, 0.717) is 19.8 Å². The molecule has 4 rings (SSSR count). The van der Waals surface area contributed by atoms with Gasteiger partial charge in [0.2, 0.25) is 5.91 Å². The Kier molecular flexibility index (Phi) is 4.80. The third-order valence-electron chi connectivity index (χ3n) is 5.08. The van der Waals surface area contributed by atoms with E-state index >= 15 is 0 Å². The number of benzene rings is 2. The molecule has 1 atom stereocenters. The van der Waals surface area contributed by atoms with E-state index in [1.54, 1.807) is 0 Å². The Hall–Kier alpha value is -2.53. The lowest BCUT2D eigenvalue weighted by Gasteiger charge is -2.35. The van der Waals surface area contributed by atoms with Crippen LogP contribution < -0.4 is 14.8 Å². The van der Waals surface area contributed by atoms with Crippen molar-refractivity contribution in [3.8, 4) is 11.5 Å². The van der Waals surface area contributed by atoms with E-state index in [9.17, 15) is 4.79 Å². The maximum atomic E-state index is 12.4. The summed E-state index contributed by atoms with van der Waals surface area (Å²) in [5.74, 6) is 1.69. The zero-order chi connectivity index (χ0) is 17.9. The van der Waals surface area contributed by atoms with Crippen LogP contribution in [0.25, 0.3) is 0 Å². The molecule has 2 heterocycles. The van der Waals surface area contributed by atoms with Gasteiger partial charge in [0.25, 0.3) is 0 Å². The predicted molar refractivity (Wildman–Crippen MR) is 101 cm³/mol. The van der Waals surface area contributed by atoms with Crippen molar-refractivity contribution in [3.05, 3.63) is 53.6 Å². The number of anilines is 1. The first kappa shape index (κ1) is 16.9. The maximum absolute atomic E-state index is 12.4. The second kappa shape index (κ2) is 7.38. The molecule has 2 aliphatic heterocycles. The zero-order valence-corrected chi connectivity index (χ0v) is 15.0. The van der Waals surface area contributed by atoms with E-state index in [-0.39, 0.29) is 11.9 Å². The predicted octanol–water partition coefficient (Wildman–Crippen LogP) is 3.41. The Balaban J connectivity index is 1.48. The standard InChI is InChI=1S/C21H24N2O3/c1-15-18-13-20-19(25-10-5-11-26-20)12-16(18)8-9-23(15)14-21(24)22-17-6-3-2-4-7-17/h2-4,6-7,12-13,15H,5,8-11,14H2,1H3,(H,22,24)/t15-/m0/s1. The number of nitrogens with one attached hydrogen (secondary N) is 1. The highest BCUT2D eigenvalue weighted by Gasteiger charge is 2.27. The fourth-order valence-electron chi connectivity index (χ4n) is 3.65. The number of nitrogens with zero attached hydrogens (tertiary/aromatic N) is 1. The topological polar surface area (TPSA) is 50.8 Å². The zero-order valence-electron chi connectivity index (χ0n) is 15.0.